The monoisotopic (exact) mass is 309 g/mol. The number of hydrogen-bond acceptors (Lipinski definition) is 3. The number of aryl methyl sites for hydroxylation is 3. The molecule has 0 saturated heterocycles. The Morgan fingerprint density at radius 3 is 2.45 bits per heavy atom. The quantitative estimate of drug-likeness (QED) is 0.708. The van der Waals surface area contributed by atoms with Crippen molar-refractivity contribution in [3.8, 4) is 17.3 Å². The van der Waals surface area contributed by atoms with Crippen LogP contribution in [0.15, 0.2) is 24.3 Å². The third-order valence-electron chi connectivity index (χ3n) is 4.08. The number of hydrogen-bond donors (Lipinski definition) is 0. The van der Waals surface area contributed by atoms with Crippen molar-refractivity contribution in [1.29, 1.82) is 5.26 Å². The van der Waals surface area contributed by atoms with Crippen LogP contribution in [0.4, 0.5) is 0 Å². The van der Waals surface area contributed by atoms with Crippen LogP contribution in [0.2, 0.25) is 0 Å². The fourth-order valence-electron chi connectivity index (χ4n) is 2.91. The summed E-state index contributed by atoms with van der Waals surface area (Å²) in [4.78, 5) is 7.10. The summed E-state index contributed by atoms with van der Waals surface area (Å²) in [7, 11) is 0. The number of nitrogens with zero attached hydrogens (tertiary/aromatic N) is 3. The van der Waals surface area contributed by atoms with Crippen molar-refractivity contribution in [3.05, 3.63) is 46.1 Å². The molecule has 0 N–H and O–H groups in total. The van der Waals surface area contributed by atoms with Gasteiger partial charge >= 0.3 is 0 Å². The van der Waals surface area contributed by atoms with Gasteiger partial charge in [-0.05, 0) is 25.3 Å². The molecule has 0 radical (unpaired) electrons. The Hall–Kier alpha value is -2.12. The topological polar surface area (TPSA) is 41.1 Å². The summed E-state index contributed by atoms with van der Waals surface area (Å²) in [5, 5.41) is 9.23. The Balaban J connectivity index is 2.22. The third kappa shape index (κ3) is 2.32. The van der Waals surface area contributed by atoms with E-state index in [1.54, 1.807) is 11.3 Å². The number of thiazole rings is 1. The summed E-state index contributed by atoms with van der Waals surface area (Å²) in [5.41, 5.74) is 5.65. The standard InChI is InChI=1S/C18H19N3S/c1-4-13-6-8-14(9-7-13)17-16(10-11-19)21-15(5-2)12(3)22-18(21)20-17/h6-9H,4-5,10H2,1-3H3. The highest BCUT2D eigenvalue weighted by atomic mass is 32.1. The van der Waals surface area contributed by atoms with Gasteiger partial charge in [-0.3, -0.25) is 4.40 Å². The van der Waals surface area contributed by atoms with E-state index in [4.69, 9.17) is 4.98 Å². The van der Waals surface area contributed by atoms with Gasteiger partial charge in [-0.15, -0.1) is 11.3 Å². The molecule has 1 aromatic carbocycles. The van der Waals surface area contributed by atoms with Gasteiger partial charge in [0.2, 0.25) is 0 Å². The van der Waals surface area contributed by atoms with E-state index in [1.807, 2.05) is 0 Å². The maximum absolute atomic E-state index is 9.23. The van der Waals surface area contributed by atoms with Gasteiger partial charge in [-0.2, -0.15) is 5.26 Å². The summed E-state index contributed by atoms with van der Waals surface area (Å²) in [5.74, 6) is 0. The lowest BCUT2D eigenvalue weighted by Gasteiger charge is -2.05. The number of nitriles is 1. The van der Waals surface area contributed by atoms with Crippen molar-refractivity contribution >= 4 is 16.3 Å². The molecule has 3 aromatic rings. The molecular formula is C18H19N3S. The van der Waals surface area contributed by atoms with Crippen molar-refractivity contribution in [1.82, 2.24) is 9.38 Å². The predicted molar refractivity (Wildman–Crippen MR) is 91.3 cm³/mol. The fraction of sp³-hybridized carbons (Fsp3) is 0.333. The molecule has 0 unspecified atom stereocenters. The summed E-state index contributed by atoms with van der Waals surface area (Å²) in [6.45, 7) is 6.43. The molecule has 0 aliphatic carbocycles. The number of imidazole rings is 1. The molecule has 0 fully saturated rings. The molecule has 0 aliphatic rings. The molecule has 0 amide bonds. The molecule has 0 spiro atoms. The van der Waals surface area contributed by atoms with Crippen molar-refractivity contribution in [2.45, 2.75) is 40.0 Å². The summed E-state index contributed by atoms with van der Waals surface area (Å²) < 4.78 is 2.19. The highest BCUT2D eigenvalue weighted by Gasteiger charge is 2.19. The molecular weight excluding hydrogens is 290 g/mol. The third-order valence-corrected chi connectivity index (χ3v) is 5.08. The van der Waals surface area contributed by atoms with Crippen LogP contribution in [-0.2, 0) is 19.3 Å². The molecule has 0 atom stereocenters. The molecule has 3 nitrogen and oxygen atoms in total. The lowest BCUT2D eigenvalue weighted by atomic mass is 10.1. The van der Waals surface area contributed by atoms with E-state index in [0.29, 0.717) is 6.42 Å². The largest absolute Gasteiger partial charge is 0.290 e. The number of fused-ring (bicyclic) bond motifs is 1. The Kier molecular flexibility index (Phi) is 4.00. The van der Waals surface area contributed by atoms with Crippen LogP contribution in [0, 0.1) is 18.3 Å². The Morgan fingerprint density at radius 2 is 1.86 bits per heavy atom. The van der Waals surface area contributed by atoms with Gasteiger partial charge in [0.15, 0.2) is 4.96 Å². The number of benzene rings is 1. The smallest absolute Gasteiger partial charge is 0.194 e. The van der Waals surface area contributed by atoms with Crippen LogP contribution in [0.25, 0.3) is 16.2 Å². The SMILES string of the molecule is CCc1ccc(-c2nc3sc(C)c(CC)n3c2CC#N)cc1. The van der Waals surface area contributed by atoms with E-state index in [-0.39, 0.29) is 0 Å². The van der Waals surface area contributed by atoms with Crippen molar-refractivity contribution in [2.24, 2.45) is 0 Å². The molecule has 3 rings (SSSR count). The minimum Gasteiger partial charge on any atom is -0.290 e. The van der Waals surface area contributed by atoms with Gasteiger partial charge in [0.05, 0.1) is 23.9 Å². The van der Waals surface area contributed by atoms with E-state index < -0.39 is 0 Å². The second-order valence-electron chi connectivity index (χ2n) is 5.37. The highest BCUT2D eigenvalue weighted by Crippen LogP contribution is 2.31. The van der Waals surface area contributed by atoms with Crippen LogP contribution in [0.5, 0.6) is 0 Å². The first-order valence-corrected chi connectivity index (χ1v) is 8.47. The summed E-state index contributed by atoms with van der Waals surface area (Å²) in [6, 6.07) is 10.8. The van der Waals surface area contributed by atoms with Crippen LogP contribution in [-0.4, -0.2) is 9.38 Å². The summed E-state index contributed by atoms with van der Waals surface area (Å²) in [6.07, 6.45) is 2.37. The predicted octanol–water partition coefficient (Wildman–Crippen LogP) is 4.56. The first kappa shape index (κ1) is 14.8. The minimum atomic E-state index is 0.384. The van der Waals surface area contributed by atoms with E-state index >= 15 is 0 Å². The lowest BCUT2D eigenvalue weighted by molar-refractivity contribution is 0.942. The van der Waals surface area contributed by atoms with Gasteiger partial charge in [0.1, 0.15) is 0 Å². The Labute approximate surface area is 134 Å². The molecule has 0 aliphatic heterocycles. The first-order chi connectivity index (χ1) is 10.7. The summed E-state index contributed by atoms with van der Waals surface area (Å²) >= 11 is 1.71. The molecule has 112 valence electrons. The molecule has 22 heavy (non-hydrogen) atoms. The lowest BCUT2D eigenvalue weighted by Crippen LogP contribution is -1.98. The van der Waals surface area contributed by atoms with Gasteiger partial charge in [0, 0.05) is 16.1 Å². The van der Waals surface area contributed by atoms with Crippen LogP contribution >= 0.6 is 11.3 Å². The van der Waals surface area contributed by atoms with Crippen LogP contribution < -0.4 is 0 Å². The second kappa shape index (κ2) is 5.94. The van der Waals surface area contributed by atoms with Gasteiger partial charge in [-0.25, -0.2) is 4.98 Å². The highest BCUT2D eigenvalue weighted by molar-refractivity contribution is 7.17. The molecule has 0 saturated carbocycles. The molecule has 4 heteroatoms. The van der Waals surface area contributed by atoms with Gasteiger partial charge in [-0.1, -0.05) is 38.1 Å². The van der Waals surface area contributed by atoms with E-state index in [0.717, 1.165) is 34.8 Å². The maximum Gasteiger partial charge on any atom is 0.194 e. The minimum absolute atomic E-state index is 0.384. The van der Waals surface area contributed by atoms with E-state index in [9.17, 15) is 5.26 Å². The zero-order valence-electron chi connectivity index (χ0n) is 13.2. The maximum atomic E-state index is 9.23. The Morgan fingerprint density at radius 1 is 1.14 bits per heavy atom. The van der Waals surface area contributed by atoms with Crippen molar-refractivity contribution in [3.63, 3.8) is 0 Å². The van der Waals surface area contributed by atoms with Gasteiger partial charge < -0.3 is 0 Å². The first-order valence-electron chi connectivity index (χ1n) is 7.65. The van der Waals surface area contributed by atoms with E-state index in [1.165, 1.54) is 16.1 Å². The van der Waals surface area contributed by atoms with E-state index in [2.05, 4.69) is 55.5 Å². The zero-order chi connectivity index (χ0) is 15.7. The zero-order valence-corrected chi connectivity index (χ0v) is 14.0. The van der Waals surface area contributed by atoms with Crippen molar-refractivity contribution < 1.29 is 0 Å². The van der Waals surface area contributed by atoms with Crippen LogP contribution in [0.1, 0.15) is 35.7 Å². The Bertz CT molecular complexity index is 847. The second-order valence-corrected chi connectivity index (χ2v) is 6.55. The number of rotatable bonds is 4. The van der Waals surface area contributed by atoms with Gasteiger partial charge in [0.25, 0.3) is 0 Å². The average Bonchev–Trinajstić information content (AvgIpc) is 3.03. The molecule has 2 heterocycles. The average molecular weight is 309 g/mol. The molecule has 2 aromatic heterocycles. The fourth-order valence-corrected chi connectivity index (χ4v) is 3.98. The molecule has 0 bridgehead atoms. The van der Waals surface area contributed by atoms with Crippen LogP contribution in [0.3, 0.4) is 0 Å². The normalized spacial score (nSPS) is 11.0. The number of aromatic nitrogens is 2. The van der Waals surface area contributed by atoms with Crippen molar-refractivity contribution in [2.75, 3.05) is 0 Å².